The molecule has 0 saturated carbocycles. The fraction of sp³-hybridized carbons (Fsp3) is 0.333. The molecule has 1 nitrogen and oxygen atoms in total. The maximum Gasteiger partial charge on any atom is 0.0827 e. The first kappa shape index (κ1) is 11.5. The minimum absolute atomic E-state index is 0.421. The van der Waals surface area contributed by atoms with E-state index in [0.29, 0.717) is 6.42 Å². The molecule has 1 N–H and O–H groups in total. The van der Waals surface area contributed by atoms with Gasteiger partial charge < -0.3 is 5.11 Å². The highest BCUT2D eigenvalue weighted by Gasteiger charge is 2.07. The summed E-state index contributed by atoms with van der Waals surface area (Å²) in [5.41, 5.74) is 2.03. The number of hydrogen-bond acceptors (Lipinski definition) is 1. The van der Waals surface area contributed by atoms with Crippen LogP contribution in [0.15, 0.2) is 40.9 Å². The molecule has 76 valence electrons. The monoisotopic (exact) mass is 254 g/mol. The summed E-state index contributed by atoms with van der Waals surface area (Å²) in [4.78, 5) is 0. The SMILES string of the molecule is C=C(CC)CC(O)c1ccc(Br)cc1. The van der Waals surface area contributed by atoms with Gasteiger partial charge >= 0.3 is 0 Å². The second kappa shape index (κ2) is 5.32. The van der Waals surface area contributed by atoms with Crippen molar-refractivity contribution in [3.05, 3.63) is 46.5 Å². The normalized spacial score (nSPS) is 12.5. The number of hydrogen-bond donors (Lipinski definition) is 1. The van der Waals surface area contributed by atoms with Gasteiger partial charge in [0, 0.05) is 4.47 Å². The molecule has 0 spiro atoms. The van der Waals surface area contributed by atoms with Crippen LogP contribution in [0.4, 0.5) is 0 Å². The summed E-state index contributed by atoms with van der Waals surface area (Å²) in [5, 5.41) is 9.84. The molecular formula is C12H15BrO. The predicted molar refractivity (Wildman–Crippen MR) is 63.1 cm³/mol. The molecule has 2 heteroatoms. The van der Waals surface area contributed by atoms with E-state index < -0.39 is 6.10 Å². The minimum Gasteiger partial charge on any atom is -0.388 e. The lowest BCUT2D eigenvalue weighted by atomic mass is 10.0. The van der Waals surface area contributed by atoms with Crippen molar-refractivity contribution in [2.75, 3.05) is 0 Å². The summed E-state index contributed by atoms with van der Waals surface area (Å²) in [6.45, 7) is 5.94. The Bertz CT molecular complexity index is 303. The molecular weight excluding hydrogens is 240 g/mol. The molecule has 1 aromatic carbocycles. The smallest absolute Gasteiger partial charge is 0.0827 e. The van der Waals surface area contributed by atoms with Crippen molar-refractivity contribution in [2.24, 2.45) is 0 Å². The maximum atomic E-state index is 9.84. The highest BCUT2D eigenvalue weighted by atomic mass is 79.9. The Labute approximate surface area is 93.6 Å². The van der Waals surface area contributed by atoms with E-state index in [1.54, 1.807) is 0 Å². The summed E-state index contributed by atoms with van der Waals surface area (Å²) in [5.74, 6) is 0. The molecule has 0 aliphatic carbocycles. The van der Waals surface area contributed by atoms with Crippen LogP contribution >= 0.6 is 15.9 Å². The Morgan fingerprint density at radius 3 is 2.50 bits per heavy atom. The van der Waals surface area contributed by atoms with Gasteiger partial charge in [-0.1, -0.05) is 47.1 Å². The summed E-state index contributed by atoms with van der Waals surface area (Å²) in [7, 11) is 0. The standard InChI is InChI=1S/C12H15BrO/c1-3-9(2)8-12(14)10-4-6-11(13)7-5-10/h4-7,12,14H,2-3,8H2,1H3. The molecule has 1 rings (SSSR count). The van der Waals surface area contributed by atoms with Crippen LogP contribution < -0.4 is 0 Å². The molecule has 14 heavy (non-hydrogen) atoms. The van der Waals surface area contributed by atoms with Crippen molar-refractivity contribution >= 4 is 15.9 Å². The quantitative estimate of drug-likeness (QED) is 0.810. The van der Waals surface area contributed by atoms with Gasteiger partial charge in [-0.25, -0.2) is 0 Å². The lowest BCUT2D eigenvalue weighted by Gasteiger charge is -2.11. The second-order valence-corrected chi connectivity index (χ2v) is 4.29. The molecule has 1 aromatic rings. The molecule has 0 bridgehead atoms. The lowest BCUT2D eigenvalue weighted by Crippen LogP contribution is -1.98. The van der Waals surface area contributed by atoms with Gasteiger partial charge in [0.1, 0.15) is 0 Å². The van der Waals surface area contributed by atoms with Crippen molar-refractivity contribution in [3.63, 3.8) is 0 Å². The van der Waals surface area contributed by atoms with Crippen LogP contribution in [0.25, 0.3) is 0 Å². The molecule has 0 heterocycles. The largest absolute Gasteiger partial charge is 0.388 e. The van der Waals surface area contributed by atoms with Gasteiger partial charge in [-0.2, -0.15) is 0 Å². The van der Waals surface area contributed by atoms with Gasteiger partial charge in [-0.15, -0.1) is 0 Å². The first-order valence-electron chi connectivity index (χ1n) is 4.73. The Balaban J connectivity index is 2.65. The van der Waals surface area contributed by atoms with Crippen molar-refractivity contribution < 1.29 is 5.11 Å². The molecule has 0 saturated heterocycles. The number of halogens is 1. The summed E-state index contributed by atoms with van der Waals surface area (Å²) in [6, 6.07) is 7.73. The average molecular weight is 255 g/mol. The topological polar surface area (TPSA) is 20.2 Å². The lowest BCUT2D eigenvalue weighted by molar-refractivity contribution is 0.177. The summed E-state index contributed by atoms with van der Waals surface area (Å²) < 4.78 is 1.03. The number of aliphatic hydroxyl groups excluding tert-OH is 1. The Kier molecular flexibility index (Phi) is 4.36. The molecule has 0 fully saturated rings. The van der Waals surface area contributed by atoms with E-state index in [1.807, 2.05) is 24.3 Å². The summed E-state index contributed by atoms with van der Waals surface area (Å²) >= 11 is 3.36. The Morgan fingerprint density at radius 2 is 2.00 bits per heavy atom. The van der Waals surface area contributed by atoms with E-state index >= 15 is 0 Å². The van der Waals surface area contributed by atoms with Crippen molar-refractivity contribution in [2.45, 2.75) is 25.9 Å². The van der Waals surface area contributed by atoms with Crippen LogP contribution in [0.5, 0.6) is 0 Å². The molecule has 0 aliphatic heterocycles. The van der Waals surface area contributed by atoms with E-state index in [9.17, 15) is 5.11 Å². The number of benzene rings is 1. The second-order valence-electron chi connectivity index (χ2n) is 3.38. The van der Waals surface area contributed by atoms with Gasteiger partial charge in [0.25, 0.3) is 0 Å². The number of aliphatic hydroxyl groups is 1. The fourth-order valence-corrected chi connectivity index (χ4v) is 1.48. The molecule has 0 amide bonds. The van der Waals surface area contributed by atoms with Gasteiger partial charge in [0.05, 0.1) is 6.10 Å². The first-order valence-corrected chi connectivity index (χ1v) is 5.53. The van der Waals surface area contributed by atoms with Crippen molar-refractivity contribution in [1.29, 1.82) is 0 Å². The van der Waals surface area contributed by atoms with E-state index in [2.05, 4.69) is 29.4 Å². The third-order valence-electron chi connectivity index (χ3n) is 2.24. The van der Waals surface area contributed by atoms with Crippen LogP contribution in [0, 0.1) is 0 Å². The van der Waals surface area contributed by atoms with E-state index in [1.165, 1.54) is 0 Å². The van der Waals surface area contributed by atoms with Crippen molar-refractivity contribution in [1.82, 2.24) is 0 Å². The first-order chi connectivity index (χ1) is 6.63. The van der Waals surface area contributed by atoms with Crippen LogP contribution in [-0.4, -0.2) is 5.11 Å². The van der Waals surface area contributed by atoms with Crippen LogP contribution in [0.1, 0.15) is 31.4 Å². The van der Waals surface area contributed by atoms with E-state index in [-0.39, 0.29) is 0 Å². The third kappa shape index (κ3) is 3.28. The Hall–Kier alpha value is -0.600. The van der Waals surface area contributed by atoms with Crippen LogP contribution in [0.3, 0.4) is 0 Å². The van der Waals surface area contributed by atoms with Gasteiger partial charge in [0.15, 0.2) is 0 Å². The molecule has 0 aliphatic rings. The zero-order valence-electron chi connectivity index (χ0n) is 8.33. The minimum atomic E-state index is -0.421. The van der Waals surface area contributed by atoms with Gasteiger partial charge in [-0.3, -0.25) is 0 Å². The maximum absolute atomic E-state index is 9.84. The molecule has 0 radical (unpaired) electrons. The van der Waals surface area contributed by atoms with Gasteiger partial charge in [0.2, 0.25) is 0 Å². The predicted octanol–water partition coefficient (Wildman–Crippen LogP) is 3.84. The molecule has 1 atom stereocenters. The van der Waals surface area contributed by atoms with Gasteiger partial charge in [-0.05, 0) is 30.5 Å². The highest BCUT2D eigenvalue weighted by molar-refractivity contribution is 9.10. The fourth-order valence-electron chi connectivity index (χ4n) is 1.22. The van der Waals surface area contributed by atoms with E-state index in [0.717, 1.165) is 22.0 Å². The third-order valence-corrected chi connectivity index (χ3v) is 2.77. The molecule has 1 unspecified atom stereocenters. The van der Waals surface area contributed by atoms with Crippen LogP contribution in [0.2, 0.25) is 0 Å². The van der Waals surface area contributed by atoms with Crippen LogP contribution in [-0.2, 0) is 0 Å². The molecule has 0 aromatic heterocycles. The highest BCUT2D eigenvalue weighted by Crippen LogP contribution is 2.22. The number of rotatable bonds is 4. The summed E-state index contributed by atoms with van der Waals surface area (Å²) in [6.07, 6.45) is 1.15. The average Bonchev–Trinajstić information content (AvgIpc) is 2.18. The Morgan fingerprint density at radius 1 is 1.43 bits per heavy atom. The zero-order chi connectivity index (χ0) is 10.6. The van der Waals surface area contributed by atoms with E-state index in [4.69, 9.17) is 0 Å². The van der Waals surface area contributed by atoms with Crippen molar-refractivity contribution in [3.8, 4) is 0 Å². The zero-order valence-corrected chi connectivity index (χ0v) is 9.92.